The molecule has 3 heterocycles. The molecule has 2 N–H and O–H groups in total. The lowest BCUT2D eigenvalue weighted by molar-refractivity contribution is -0.289. The molecule has 0 bridgehead atoms. The number of ether oxygens (including phenoxy) is 7. The smallest absolute Gasteiger partial charge is 0.312 e. The molecule has 2 saturated carbocycles. The van der Waals surface area contributed by atoms with Gasteiger partial charge >= 0.3 is 23.9 Å². The van der Waals surface area contributed by atoms with Gasteiger partial charge in [-0.2, -0.15) is 0 Å². The van der Waals surface area contributed by atoms with Crippen LogP contribution >= 0.6 is 0 Å². The van der Waals surface area contributed by atoms with Gasteiger partial charge in [0, 0.05) is 38.5 Å². The summed E-state index contributed by atoms with van der Waals surface area (Å²) in [5.74, 6) is -3.76. The molecule has 13 heteroatoms. The number of epoxide rings is 1. The molecule has 13 nitrogen and oxygen atoms in total. The first-order valence-corrected chi connectivity index (χ1v) is 15.6. The Morgan fingerprint density at radius 1 is 0.932 bits per heavy atom. The summed E-state index contributed by atoms with van der Waals surface area (Å²) >= 11 is 0. The van der Waals surface area contributed by atoms with Crippen molar-refractivity contribution in [2.75, 3.05) is 13.2 Å². The summed E-state index contributed by atoms with van der Waals surface area (Å²) in [6.07, 6.45) is -4.25. The second-order valence-corrected chi connectivity index (χ2v) is 13.7. The Morgan fingerprint density at radius 3 is 2.18 bits per heavy atom. The first-order chi connectivity index (χ1) is 20.6. The van der Waals surface area contributed by atoms with Gasteiger partial charge in [-0.25, -0.2) is 0 Å². The van der Waals surface area contributed by atoms with Crippen molar-refractivity contribution in [2.24, 2.45) is 34.5 Å². The Hall–Kier alpha value is -2.32. The van der Waals surface area contributed by atoms with Crippen molar-refractivity contribution in [1.82, 2.24) is 0 Å². The van der Waals surface area contributed by atoms with E-state index in [1.165, 1.54) is 20.8 Å². The average Bonchev–Trinajstić information content (AvgIpc) is 3.50. The number of fused-ring (bicyclic) bond motifs is 3. The molecule has 44 heavy (non-hydrogen) atoms. The highest BCUT2D eigenvalue weighted by Crippen LogP contribution is 2.70. The molecular formula is C31H46O13. The van der Waals surface area contributed by atoms with E-state index in [9.17, 15) is 29.4 Å². The van der Waals surface area contributed by atoms with Crippen molar-refractivity contribution in [2.45, 2.75) is 123 Å². The first kappa shape index (κ1) is 33.1. The minimum atomic E-state index is -1.35. The van der Waals surface area contributed by atoms with Gasteiger partial charge in [-0.05, 0) is 44.9 Å². The summed E-state index contributed by atoms with van der Waals surface area (Å²) in [6, 6.07) is 0. The number of aliphatic hydroxyl groups is 2. The van der Waals surface area contributed by atoms with E-state index in [2.05, 4.69) is 13.8 Å². The summed E-state index contributed by atoms with van der Waals surface area (Å²) in [5, 5.41) is 21.8. The molecular weight excluding hydrogens is 580 g/mol. The van der Waals surface area contributed by atoms with E-state index >= 15 is 0 Å². The number of carbonyl (C=O) groups is 4. The van der Waals surface area contributed by atoms with Crippen LogP contribution in [0.4, 0.5) is 0 Å². The summed E-state index contributed by atoms with van der Waals surface area (Å²) in [7, 11) is 0. The van der Waals surface area contributed by atoms with Crippen LogP contribution in [-0.2, 0) is 52.3 Å². The number of carbonyl (C=O) groups excluding carboxylic acids is 4. The Bertz CT molecular complexity index is 1140. The molecule has 5 fully saturated rings. The van der Waals surface area contributed by atoms with E-state index in [1.807, 2.05) is 0 Å². The molecule has 248 valence electrons. The molecule has 3 saturated heterocycles. The lowest BCUT2D eigenvalue weighted by atomic mass is 9.41. The van der Waals surface area contributed by atoms with Crippen LogP contribution in [0.5, 0.6) is 0 Å². The second-order valence-electron chi connectivity index (χ2n) is 13.7. The zero-order valence-corrected chi connectivity index (χ0v) is 26.5. The standard InChI is InChI=1S/C31H46O13/c1-14-8-24(41-19(6)34)30(12-38-17(4)32)22(29(14,7)23-9-20-10-25(36)43-28(20)42-23)11-21(35)26(31(30)13-39-31)44-27(37)15(2)16(3)40-18(5)33/h14-16,20-26,28,35-36H,8-13H2,1-7H3/t14-,15-,16+,20+,21-,22-,23+,24+,25+,26+,28-,29+,30+,31-/m1/s1. The van der Waals surface area contributed by atoms with Crippen molar-refractivity contribution >= 4 is 23.9 Å². The Balaban J connectivity index is 1.56. The highest BCUT2D eigenvalue weighted by atomic mass is 16.7. The van der Waals surface area contributed by atoms with E-state index in [0.29, 0.717) is 19.3 Å². The van der Waals surface area contributed by atoms with Gasteiger partial charge in [0.25, 0.3) is 0 Å². The zero-order chi connectivity index (χ0) is 32.4. The maximum absolute atomic E-state index is 13.4. The van der Waals surface area contributed by atoms with Crippen molar-refractivity contribution in [3.05, 3.63) is 0 Å². The number of hydrogen-bond acceptors (Lipinski definition) is 13. The highest BCUT2D eigenvalue weighted by molar-refractivity contribution is 5.74. The highest BCUT2D eigenvalue weighted by Gasteiger charge is 2.81. The first-order valence-electron chi connectivity index (χ1n) is 15.6. The van der Waals surface area contributed by atoms with Crippen LogP contribution in [-0.4, -0.2) is 96.0 Å². The molecule has 0 aromatic carbocycles. The summed E-state index contributed by atoms with van der Waals surface area (Å²) in [4.78, 5) is 49.8. The summed E-state index contributed by atoms with van der Waals surface area (Å²) < 4.78 is 41.3. The lowest BCUT2D eigenvalue weighted by Crippen LogP contribution is -2.74. The molecule has 0 unspecified atom stereocenters. The third kappa shape index (κ3) is 5.32. The monoisotopic (exact) mass is 626 g/mol. The molecule has 1 spiro atoms. The van der Waals surface area contributed by atoms with Crippen molar-refractivity contribution in [1.29, 1.82) is 0 Å². The predicted molar refractivity (Wildman–Crippen MR) is 148 cm³/mol. The van der Waals surface area contributed by atoms with Gasteiger partial charge in [-0.3, -0.25) is 19.2 Å². The molecule has 0 radical (unpaired) electrons. The van der Waals surface area contributed by atoms with Crippen LogP contribution < -0.4 is 0 Å². The molecule has 2 aliphatic carbocycles. The predicted octanol–water partition coefficient (Wildman–Crippen LogP) is 1.63. The van der Waals surface area contributed by atoms with Gasteiger partial charge in [-0.15, -0.1) is 0 Å². The van der Waals surface area contributed by atoms with Gasteiger partial charge < -0.3 is 43.4 Å². The van der Waals surface area contributed by atoms with Crippen LogP contribution in [0.2, 0.25) is 0 Å². The average molecular weight is 627 g/mol. The van der Waals surface area contributed by atoms with Gasteiger partial charge in [0.2, 0.25) is 0 Å². The molecule has 0 aromatic heterocycles. The van der Waals surface area contributed by atoms with Crippen molar-refractivity contribution < 1.29 is 62.5 Å². The fourth-order valence-electron chi connectivity index (χ4n) is 8.72. The molecule has 0 aromatic rings. The molecule has 0 amide bonds. The van der Waals surface area contributed by atoms with Crippen molar-refractivity contribution in [3.8, 4) is 0 Å². The second kappa shape index (κ2) is 11.8. The number of rotatable bonds is 8. The van der Waals surface area contributed by atoms with E-state index in [0.717, 1.165) is 0 Å². The summed E-state index contributed by atoms with van der Waals surface area (Å²) in [5.41, 5.74) is -3.24. The molecule has 5 rings (SSSR count). The van der Waals surface area contributed by atoms with Crippen LogP contribution in [0.25, 0.3) is 0 Å². The Morgan fingerprint density at radius 2 is 1.61 bits per heavy atom. The maximum Gasteiger partial charge on any atom is 0.312 e. The van der Waals surface area contributed by atoms with Gasteiger partial charge in [-0.1, -0.05) is 13.8 Å². The van der Waals surface area contributed by atoms with E-state index in [4.69, 9.17) is 33.2 Å². The fraction of sp³-hybridized carbons (Fsp3) is 0.871. The Labute approximate surface area is 257 Å². The third-order valence-corrected chi connectivity index (χ3v) is 11.3. The van der Waals surface area contributed by atoms with Gasteiger partial charge in [0.1, 0.15) is 24.4 Å². The minimum Gasteiger partial charge on any atom is -0.465 e. The van der Waals surface area contributed by atoms with E-state index < -0.39 is 89.1 Å². The van der Waals surface area contributed by atoms with Crippen molar-refractivity contribution in [3.63, 3.8) is 0 Å². The largest absolute Gasteiger partial charge is 0.465 e. The topological polar surface area (TPSA) is 177 Å². The van der Waals surface area contributed by atoms with Gasteiger partial charge in [0.15, 0.2) is 18.7 Å². The SMILES string of the molecule is CC(=O)OC[C@@]12[C@@H](OC(C)=O)C[C@@H](C)[C@](C)([C@@H]3C[C@H]4C[C@@H](O)O[C@H]4O3)[C@H]1C[C@@H](O)[C@H](OC(=O)[C@H](C)[C@H](C)OC(C)=O)[C@]21CO1. The van der Waals surface area contributed by atoms with E-state index in [1.54, 1.807) is 13.8 Å². The number of hydrogen-bond donors (Lipinski definition) is 2. The lowest BCUT2D eigenvalue weighted by Gasteiger charge is -2.65. The fourth-order valence-corrected chi connectivity index (χ4v) is 8.72. The van der Waals surface area contributed by atoms with E-state index in [-0.39, 0.29) is 37.6 Å². The zero-order valence-electron chi connectivity index (χ0n) is 26.5. The third-order valence-electron chi connectivity index (χ3n) is 11.3. The van der Waals surface area contributed by atoms with Gasteiger partial charge in [0.05, 0.1) is 30.1 Å². The Kier molecular flexibility index (Phi) is 8.86. The minimum absolute atomic E-state index is 0.0119. The quantitative estimate of drug-likeness (QED) is 0.226. The van der Waals surface area contributed by atoms with Crippen LogP contribution in [0.1, 0.15) is 74.1 Å². The summed E-state index contributed by atoms with van der Waals surface area (Å²) in [6.45, 7) is 11.0. The number of esters is 4. The normalized spacial score (nSPS) is 45.4. The van der Waals surface area contributed by atoms with Crippen LogP contribution in [0.3, 0.4) is 0 Å². The molecule has 3 aliphatic heterocycles. The maximum atomic E-state index is 13.4. The van der Waals surface area contributed by atoms with Crippen LogP contribution in [0, 0.1) is 34.5 Å². The molecule has 14 atom stereocenters. The molecule has 5 aliphatic rings. The van der Waals surface area contributed by atoms with Crippen LogP contribution in [0.15, 0.2) is 0 Å². The number of aliphatic hydroxyl groups excluding tert-OH is 2.